The van der Waals surface area contributed by atoms with Gasteiger partial charge in [-0.15, -0.1) is 0 Å². The average Bonchev–Trinajstić information content (AvgIpc) is 3.42. The normalized spacial score (nSPS) is 23.1. The second-order valence-corrected chi connectivity index (χ2v) is 10.3. The molecule has 3 aromatic rings. The Bertz CT molecular complexity index is 1380. The Kier molecular flexibility index (Phi) is 5.45. The van der Waals surface area contributed by atoms with E-state index in [9.17, 15) is 13.6 Å². The molecular formula is C28H29F2N5O2. The number of hydrogen-bond donors (Lipinski definition) is 1. The molecule has 1 amide bonds. The molecule has 1 spiro atoms. The molecule has 7 nitrogen and oxygen atoms in total. The van der Waals surface area contributed by atoms with Crippen LogP contribution in [0.2, 0.25) is 0 Å². The smallest absolute Gasteiger partial charge is 0.310 e. The molecule has 1 fully saturated rings. The number of aromatic nitrogens is 2. The molecule has 4 heterocycles. The van der Waals surface area contributed by atoms with E-state index in [-0.39, 0.29) is 23.3 Å². The van der Waals surface area contributed by atoms with Gasteiger partial charge in [0.2, 0.25) is 5.91 Å². The Morgan fingerprint density at radius 2 is 1.89 bits per heavy atom. The lowest BCUT2D eigenvalue weighted by Gasteiger charge is -2.40. The van der Waals surface area contributed by atoms with E-state index in [4.69, 9.17) is 14.7 Å². The zero-order valence-corrected chi connectivity index (χ0v) is 21.1. The van der Waals surface area contributed by atoms with Crippen LogP contribution in [0, 0.1) is 6.92 Å². The summed E-state index contributed by atoms with van der Waals surface area (Å²) in [6, 6.07) is 14.1. The van der Waals surface area contributed by atoms with E-state index in [0.29, 0.717) is 36.7 Å². The van der Waals surface area contributed by atoms with Gasteiger partial charge in [0.25, 0.3) is 0 Å². The highest BCUT2D eigenvalue weighted by Gasteiger charge is 2.53. The molecule has 3 aliphatic heterocycles. The lowest BCUT2D eigenvalue weighted by molar-refractivity contribution is -0.124. The van der Waals surface area contributed by atoms with Gasteiger partial charge < -0.3 is 19.9 Å². The molecule has 1 unspecified atom stereocenters. The van der Waals surface area contributed by atoms with Gasteiger partial charge in [-0.25, -0.2) is 9.97 Å². The van der Waals surface area contributed by atoms with Crippen molar-refractivity contribution >= 4 is 17.4 Å². The summed E-state index contributed by atoms with van der Waals surface area (Å²) >= 11 is 0. The van der Waals surface area contributed by atoms with Crippen LogP contribution < -0.4 is 15.0 Å². The van der Waals surface area contributed by atoms with E-state index in [1.807, 2.05) is 56.1 Å². The fourth-order valence-corrected chi connectivity index (χ4v) is 5.90. The topological polar surface area (TPSA) is 70.6 Å². The maximum atomic E-state index is 14.3. The van der Waals surface area contributed by atoms with Crippen molar-refractivity contribution < 1.29 is 18.3 Å². The zero-order valence-electron chi connectivity index (χ0n) is 21.1. The molecule has 6 rings (SSSR count). The summed E-state index contributed by atoms with van der Waals surface area (Å²) in [5.74, 6) is -1.57. The van der Waals surface area contributed by atoms with Crippen LogP contribution in [-0.2, 0) is 22.7 Å². The van der Waals surface area contributed by atoms with Crippen LogP contribution in [0.15, 0.2) is 48.5 Å². The van der Waals surface area contributed by atoms with Crippen molar-refractivity contribution in [3.8, 4) is 5.75 Å². The predicted octanol–water partition coefficient (Wildman–Crippen LogP) is 4.56. The highest BCUT2D eigenvalue weighted by atomic mass is 19.3. The molecule has 9 heteroatoms. The summed E-state index contributed by atoms with van der Waals surface area (Å²) in [5, 5.41) is 3.46. The van der Waals surface area contributed by atoms with E-state index in [2.05, 4.69) is 10.2 Å². The summed E-state index contributed by atoms with van der Waals surface area (Å²) in [6.07, 6.45) is 0.666. The largest absolute Gasteiger partial charge is 0.486 e. The number of ether oxygens (including phenoxy) is 1. The van der Waals surface area contributed by atoms with Crippen LogP contribution in [0.3, 0.4) is 0 Å². The SMILES string of the molecule is Cc1nc(N[C@H](C)c2cccc3c2OCC3(F)F)c2c(n1)C1(CCN(C)C1)C(=O)N(c1ccccc1)C2. The van der Waals surface area contributed by atoms with Crippen molar-refractivity contribution in [2.24, 2.45) is 0 Å². The van der Waals surface area contributed by atoms with Gasteiger partial charge in [-0.05, 0) is 52.1 Å². The molecule has 3 aliphatic rings. The standard InChI is InChI=1S/C28H29F2N5O2/c1-17(20-10-7-11-22-23(20)37-16-28(22,29)30)31-25-21-14-35(19-8-5-4-6-9-19)26(36)27(12-13-34(3)15-27)24(21)32-18(2)33-25/h4-11,17H,12-16H2,1-3H3,(H,31,32,33)/t17-,27?/m1/s1. The monoisotopic (exact) mass is 505 g/mol. The van der Waals surface area contributed by atoms with E-state index in [1.54, 1.807) is 12.1 Å². The molecule has 0 bridgehead atoms. The first-order chi connectivity index (χ1) is 17.7. The number of hydrogen-bond acceptors (Lipinski definition) is 6. The number of likely N-dealkylation sites (tertiary alicyclic amines) is 1. The van der Waals surface area contributed by atoms with Crippen LogP contribution in [0.1, 0.15) is 47.6 Å². The fourth-order valence-electron chi connectivity index (χ4n) is 5.90. The van der Waals surface area contributed by atoms with Gasteiger partial charge in [-0.2, -0.15) is 8.78 Å². The number of likely N-dealkylation sites (N-methyl/N-ethyl adjacent to an activating group) is 1. The van der Waals surface area contributed by atoms with E-state index < -0.39 is 17.9 Å². The molecule has 2 atom stereocenters. The first-order valence-corrected chi connectivity index (χ1v) is 12.5. The van der Waals surface area contributed by atoms with Gasteiger partial charge in [0, 0.05) is 23.4 Å². The number of benzene rings is 2. The van der Waals surface area contributed by atoms with E-state index in [1.165, 1.54) is 6.07 Å². The number of anilines is 2. The third kappa shape index (κ3) is 3.75. The van der Waals surface area contributed by atoms with E-state index >= 15 is 0 Å². The molecule has 1 aromatic heterocycles. The quantitative estimate of drug-likeness (QED) is 0.561. The van der Waals surface area contributed by atoms with Gasteiger partial charge >= 0.3 is 5.92 Å². The number of carbonyl (C=O) groups excluding carboxylic acids is 1. The van der Waals surface area contributed by atoms with Crippen molar-refractivity contribution in [3.63, 3.8) is 0 Å². The second-order valence-electron chi connectivity index (χ2n) is 10.3. The number of carbonyl (C=O) groups is 1. The Hall–Kier alpha value is -3.59. The molecule has 0 saturated carbocycles. The number of rotatable bonds is 4. The van der Waals surface area contributed by atoms with Crippen molar-refractivity contribution in [1.29, 1.82) is 0 Å². The lowest BCUT2D eigenvalue weighted by atomic mass is 9.76. The molecule has 0 radical (unpaired) electrons. The van der Waals surface area contributed by atoms with Crippen LogP contribution >= 0.6 is 0 Å². The van der Waals surface area contributed by atoms with Gasteiger partial charge in [0.1, 0.15) is 22.8 Å². The number of nitrogens with one attached hydrogen (secondary N) is 1. The van der Waals surface area contributed by atoms with Gasteiger partial charge in [-0.3, -0.25) is 4.79 Å². The Balaban J connectivity index is 1.44. The highest BCUT2D eigenvalue weighted by Crippen LogP contribution is 2.47. The first kappa shape index (κ1) is 23.8. The Labute approximate surface area is 214 Å². The van der Waals surface area contributed by atoms with Gasteiger partial charge in [0.15, 0.2) is 6.61 Å². The lowest BCUT2D eigenvalue weighted by Crippen LogP contribution is -2.53. The van der Waals surface area contributed by atoms with Crippen LogP contribution in [0.5, 0.6) is 5.75 Å². The molecular weight excluding hydrogens is 476 g/mol. The predicted molar refractivity (Wildman–Crippen MR) is 136 cm³/mol. The third-order valence-corrected chi connectivity index (χ3v) is 7.73. The summed E-state index contributed by atoms with van der Waals surface area (Å²) in [5.41, 5.74) is 2.22. The van der Waals surface area contributed by atoms with E-state index in [0.717, 1.165) is 23.5 Å². The molecule has 192 valence electrons. The third-order valence-electron chi connectivity index (χ3n) is 7.73. The molecule has 1 N–H and O–H groups in total. The molecule has 37 heavy (non-hydrogen) atoms. The molecule has 2 aromatic carbocycles. The average molecular weight is 506 g/mol. The number of alkyl halides is 2. The van der Waals surface area contributed by atoms with Crippen molar-refractivity contribution in [2.45, 2.75) is 44.2 Å². The number of para-hydroxylation sites is 2. The number of amides is 1. The minimum atomic E-state index is -3.01. The first-order valence-electron chi connectivity index (χ1n) is 12.5. The maximum absolute atomic E-state index is 14.3. The van der Waals surface area contributed by atoms with Gasteiger partial charge in [-0.1, -0.05) is 30.3 Å². The minimum absolute atomic E-state index is 0.0455. The van der Waals surface area contributed by atoms with Gasteiger partial charge in [0.05, 0.1) is 23.8 Å². The summed E-state index contributed by atoms with van der Waals surface area (Å²) in [6.45, 7) is 4.75. The fraction of sp³-hybridized carbons (Fsp3) is 0.393. The summed E-state index contributed by atoms with van der Waals surface area (Å²) < 4.78 is 34.1. The number of nitrogens with zero attached hydrogens (tertiary/aromatic N) is 4. The van der Waals surface area contributed by atoms with Crippen LogP contribution in [0.25, 0.3) is 0 Å². The Morgan fingerprint density at radius 1 is 1.11 bits per heavy atom. The molecule has 1 saturated heterocycles. The zero-order chi connectivity index (χ0) is 25.9. The van der Waals surface area contributed by atoms with Crippen molar-refractivity contribution in [2.75, 3.05) is 37.0 Å². The summed E-state index contributed by atoms with van der Waals surface area (Å²) in [4.78, 5) is 27.6. The van der Waals surface area contributed by atoms with Crippen LogP contribution in [-0.4, -0.2) is 47.5 Å². The maximum Gasteiger partial charge on any atom is 0.310 e. The number of halogens is 2. The Morgan fingerprint density at radius 3 is 2.62 bits per heavy atom. The number of fused-ring (bicyclic) bond motifs is 3. The number of aryl methyl sites for hydroxylation is 1. The van der Waals surface area contributed by atoms with Crippen LogP contribution in [0.4, 0.5) is 20.3 Å². The van der Waals surface area contributed by atoms with Crippen molar-refractivity contribution in [3.05, 3.63) is 76.7 Å². The van der Waals surface area contributed by atoms with Crippen molar-refractivity contribution in [1.82, 2.24) is 14.9 Å². The highest BCUT2D eigenvalue weighted by molar-refractivity contribution is 6.03. The minimum Gasteiger partial charge on any atom is -0.486 e. The summed E-state index contributed by atoms with van der Waals surface area (Å²) in [7, 11) is 2.02. The molecule has 0 aliphatic carbocycles. The second kappa shape index (κ2) is 8.48.